The van der Waals surface area contributed by atoms with E-state index in [0.29, 0.717) is 5.56 Å². The van der Waals surface area contributed by atoms with Crippen molar-refractivity contribution in [1.29, 1.82) is 0 Å². The highest BCUT2D eigenvalue weighted by Crippen LogP contribution is 2.21. The van der Waals surface area contributed by atoms with E-state index in [4.69, 9.17) is 9.47 Å². The Balaban J connectivity index is 1.89. The molecule has 1 amide bonds. The Hall–Kier alpha value is -2.31. The predicted molar refractivity (Wildman–Crippen MR) is 90.2 cm³/mol. The molecule has 1 N–H and O–H groups in total. The van der Waals surface area contributed by atoms with Crippen LogP contribution in [0, 0.1) is 0 Å². The molecule has 0 aliphatic carbocycles. The minimum Gasteiger partial charge on any atom is -0.465 e. The van der Waals surface area contributed by atoms with Crippen LogP contribution in [0.1, 0.15) is 44.0 Å². The number of rotatable bonds is 3. The van der Waals surface area contributed by atoms with E-state index in [0.717, 1.165) is 31.6 Å². The number of hydrogen-bond acceptors (Lipinski definition) is 6. The lowest BCUT2D eigenvalue weighted by molar-refractivity contribution is 0.0496. The standard InChI is InChI=1S/C17H25N3O4/c1-17(2,3)24-16(22)19-13-5-7-20(8-6-13)14-9-12(10-18-11-14)15(21)23-4/h9-11,13H,5-8H2,1-4H3,(H,19,22). The average Bonchev–Trinajstić information content (AvgIpc) is 2.53. The molecule has 1 fully saturated rings. The average molecular weight is 335 g/mol. The lowest BCUT2D eigenvalue weighted by Crippen LogP contribution is -2.46. The van der Waals surface area contributed by atoms with Crippen LogP contribution < -0.4 is 10.2 Å². The lowest BCUT2D eigenvalue weighted by Gasteiger charge is -2.34. The molecule has 0 saturated carbocycles. The van der Waals surface area contributed by atoms with Crippen molar-refractivity contribution >= 4 is 17.7 Å². The Morgan fingerprint density at radius 1 is 1.25 bits per heavy atom. The Morgan fingerprint density at radius 3 is 2.50 bits per heavy atom. The van der Waals surface area contributed by atoms with Gasteiger partial charge >= 0.3 is 12.1 Å². The fourth-order valence-electron chi connectivity index (χ4n) is 2.59. The number of aromatic nitrogens is 1. The number of esters is 1. The number of ether oxygens (including phenoxy) is 2. The molecule has 1 aromatic heterocycles. The second-order valence-electron chi connectivity index (χ2n) is 6.83. The molecule has 1 aromatic rings. The monoisotopic (exact) mass is 335 g/mol. The largest absolute Gasteiger partial charge is 0.465 e. The van der Waals surface area contributed by atoms with E-state index in [1.165, 1.54) is 13.3 Å². The number of methoxy groups -OCH3 is 1. The van der Waals surface area contributed by atoms with Crippen molar-refractivity contribution in [1.82, 2.24) is 10.3 Å². The van der Waals surface area contributed by atoms with Crippen LogP contribution in [0.2, 0.25) is 0 Å². The quantitative estimate of drug-likeness (QED) is 0.854. The first-order valence-corrected chi connectivity index (χ1v) is 8.06. The van der Waals surface area contributed by atoms with Crippen molar-refractivity contribution in [2.45, 2.75) is 45.3 Å². The van der Waals surface area contributed by atoms with Crippen molar-refractivity contribution in [3.8, 4) is 0 Å². The molecule has 7 nitrogen and oxygen atoms in total. The summed E-state index contributed by atoms with van der Waals surface area (Å²) in [5, 5.41) is 2.91. The Labute approximate surface area is 142 Å². The van der Waals surface area contributed by atoms with E-state index in [-0.39, 0.29) is 12.1 Å². The fraction of sp³-hybridized carbons (Fsp3) is 0.588. The van der Waals surface area contributed by atoms with Crippen LogP contribution >= 0.6 is 0 Å². The summed E-state index contributed by atoms with van der Waals surface area (Å²) >= 11 is 0. The van der Waals surface area contributed by atoms with Crippen LogP contribution in [0.5, 0.6) is 0 Å². The topological polar surface area (TPSA) is 80.8 Å². The summed E-state index contributed by atoms with van der Waals surface area (Å²) in [6.07, 6.45) is 4.46. The van der Waals surface area contributed by atoms with Gasteiger partial charge in [-0.15, -0.1) is 0 Å². The third-order valence-electron chi connectivity index (χ3n) is 3.73. The number of nitrogens with zero attached hydrogens (tertiary/aromatic N) is 2. The van der Waals surface area contributed by atoms with E-state index >= 15 is 0 Å². The number of alkyl carbamates (subject to hydrolysis) is 1. The van der Waals surface area contributed by atoms with Crippen LogP contribution in [-0.2, 0) is 9.47 Å². The number of piperidine rings is 1. The molecule has 24 heavy (non-hydrogen) atoms. The molecule has 0 aromatic carbocycles. The van der Waals surface area contributed by atoms with E-state index in [9.17, 15) is 9.59 Å². The van der Waals surface area contributed by atoms with Gasteiger partial charge in [0.1, 0.15) is 5.60 Å². The number of anilines is 1. The minimum absolute atomic E-state index is 0.0906. The second kappa shape index (κ2) is 7.51. The summed E-state index contributed by atoms with van der Waals surface area (Å²) < 4.78 is 10.0. The summed E-state index contributed by atoms with van der Waals surface area (Å²) in [5.41, 5.74) is 0.822. The van der Waals surface area contributed by atoms with Gasteiger partial charge in [0.15, 0.2) is 0 Å². The van der Waals surface area contributed by atoms with Crippen LogP contribution in [0.3, 0.4) is 0 Å². The Bertz CT molecular complexity index is 590. The molecule has 0 atom stereocenters. The molecule has 0 unspecified atom stereocenters. The van der Waals surface area contributed by atoms with Gasteiger partial charge in [-0.1, -0.05) is 0 Å². The second-order valence-corrected chi connectivity index (χ2v) is 6.83. The van der Waals surface area contributed by atoms with Gasteiger partial charge in [-0.3, -0.25) is 4.98 Å². The number of pyridine rings is 1. The maximum absolute atomic E-state index is 11.8. The van der Waals surface area contributed by atoms with Crippen molar-refractivity contribution in [3.05, 3.63) is 24.0 Å². The normalized spacial score (nSPS) is 15.8. The van der Waals surface area contributed by atoms with Crippen molar-refractivity contribution in [3.63, 3.8) is 0 Å². The molecule has 0 bridgehead atoms. The Kier molecular flexibility index (Phi) is 5.64. The number of hydrogen-bond donors (Lipinski definition) is 1. The van der Waals surface area contributed by atoms with Gasteiger partial charge in [0.2, 0.25) is 0 Å². The van der Waals surface area contributed by atoms with E-state index in [1.54, 1.807) is 12.3 Å². The van der Waals surface area contributed by atoms with Gasteiger partial charge < -0.3 is 19.7 Å². The molecular formula is C17H25N3O4. The molecule has 7 heteroatoms. The summed E-state index contributed by atoms with van der Waals surface area (Å²) in [6, 6.07) is 1.87. The van der Waals surface area contributed by atoms with Gasteiger partial charge in [-0.25, -0.2) is 9.59 Å². The summed E-state index contributed by atoms with van der Waals surface area (Å²) in [4.78, 5) is 29.7. The maximum Gasteiger partial charge on any atom is 0.407 e. The number of nitrogens with one attached hydrogen (secondary N) is 1. The highest BCUT2D eigenvalue weighted by molar-refractivity contribution is 5.90. The molecular weight excluding hydrogens is 310 g/mol. The number of amides is 1. The highest BCUT2D eigenvalue weighted by Gasteiger charge is 2.24. The van der Waals surface area contributed by atoms with Gasteiger partial charge in [-0.2, -0.15) is 0 Å². The fourth-order valence-corrected chi connectivity index (χ4v) is 2.59. The first-order chi connectivity index (χ1) is 11.3. The third kappa shape index (κ3) is 5.11. The molecule has 1 aliphatic heterocycles. The van der Waals surface area contributed by atoms with Crippen molar-refractivity contribution in [2.75, 3.05) is 25.1 Å². The van der Waals surface area contributed by atoms with Gasteiger partial charge in [-0.05, 0) is 39.7 Å². The van der Waals surface area contributed by atoms with Crippen LogP contribution in [0.15, 0.2) is 18.5 Å². The molecule has 0 spiro atoms. The molecule has 132 valence electrons. The maximum atomic E-state index is 11.8. The van der Waals surface area contributed by atoms with Crippen LogP contribution in [0.25, 0.3) is 0 Å². The van der Waals surface area contributed by atoms with Gasteiger partial charge in [0.05, 0.1) is 24.6 Å². The first kappa shape index (κ1) is 18.0. The zero-order valence-corrected chi connectivity index (χ0v) is 14.7. The molecule has 2 heterocycles. The van der Waals surface area contributed by atoms with E-state index in [2.05, 4.69) is 15.2 Å². The molecule has 1 saturated heterocycles. The summed E-state index contributed by atoms with van der Waals surface area (Å²) in [6.45, 7) is 7.07. The SMILES string of the molecule is COC(=O)c1cncc(N2CCC(NC(=O)OC(C)(C)C)CC2)c1. The minimum atomic E-state index is -0.495. The first-order valence-electron chi connectivity index (χ1n) is 8.06. The molecule has 2 rings (SSSR count). The highest BCUT2D eigenvalue weighted by atomic mass is 16.6. The zero-order valence-electron chi connectivity index (χ0n) is 14.7. The van der Waals surface area contributed by atoms with E-state index < -0.39 is 11.6 Å². The van der Waals surface area contributed by atoms with Crippen LogP contribution in [0.4, 0.5) is 10.5 Å². The molecule has 1 aliphatic rings. The number of carbonyl (C=O) groups is 2. The van der Waals surface area contributed by atoms with Crippen molar-refractivity contribution in [2.24, 2.45) is 0 Å². The Morgan fingerprint density at radius 2 is 1.92 bits per heavy atom. The summed E-state index contributed by atoms with van der Waals surface area (Å²) in [7, 11) is 1.35. The summed E-state index contributed by atoms with van der Waals surface area (Å²) in [5.74, 6) is -0.397. The molecule has 0 radical (unpaired) electrons. The predicted octanol–water partition coefficient (Wildman–Crippen LogP) is 2.36. The smallest absolute Gasteiger partial charge is 0.407 e. The zero-order chi connectivity index (χ0) is 17.7. The lowest BCUT2D eigenvalue weighted by atomic mass is 10.0. The third-order valence-corrected chi connectivity index (χ3v) is 3.73. The van der Waals surface area contributed by atoms with Crippen molar-refractivity contribution < 1.29 is 19.1 Å². The van der Waals surface area contributed by atoms with E-state index in [1.807, 2.05) is 20.8 Å². The van der Waals surface area contributed by atoms with Crippen LogP contribution in [-0.4, -0.2) is 48.9 Å². The van der Waals surface area contributed by atoms with Gasteiger partial charge in [0, 0.05) is 25.3 Å². The number of carbonyl (C=O) groups excluding carboxylic acids is 2. The van der Waals surface area contributed by atoms with Gasteiger partial charge in [0.25, 0.3) is 0 Å².